The topological polar surface area (TPSA) is 37.4 Å². The quantitative estimate of drug-likeness (QED) is 0.838. The molecule has 1 saturated heterocycles. The summed E-state index contributed by atoms with van der Waals surface area (Å²) in [4.78, 5) is 0.159. The van der Waals surface area contributed by atoms with Crippen LogP contribution in [-0.4, -0.2) is 36.3 Å². The fraction of sp³-hybridized carbons (Fsp3) is 0.500. The first kappa shape index (κ1) is 13.8. The highest BCUT2D eigenvalue weighted by Gasteiger charge is 2.34. The smallest absolute Gasteiger partial charge is 0.207 e. The molecular formula is C12H16FNO2S2. The summed E-state index contributed by atoms with van der Waals surface area (Å²) in [5, 5.41) is 0. The SMILES string of the molecule is CC1(C)CN(S(=O)(=O)c2ccc(F)cc2)CCS1. The minimum Gasteiger partial charge on any atom is -0.207 e. The monoisotopic (exact) mass is 289 g/mol. The van der Waals surface area contributed by atoms with Crippen LogP contribution in [0, 0.1) is 5.82 Å². The Morgan fingerprint density at radius 1 is 1.28 bits per heavy atom. The van der Waals surface area contributed by atoms with Crippen molar-refractivity contribution in [3.8, 4) is 0 Å². The van der Waals surface area contributed by atoms with E-state index < -0.39 is 15.8 Å². The van der Waals surface area contributed by atoms with Crippen LogP contribution in [0.25, 0.3) is 0 Å². The average molecular weight is 289 g/mol. The molecule has 100 valence electrons. The van der Waals surface area contributed by atoms with Gasteiger partial charge >= 0.3 is 0 Å². The van der Waals surface area contributed by atoms with Crippen molar-refractivity contribution in [1.82, 2.24) is 4.31 Å². The van der Waals surface area contributed by atoms with Crippen molar-refractivity contribution in [3.63, 3.8) is 0 Å². The van der Waals surface area contributed by atoms with Crippen molar-refractivity contribution in [2.75, 3.05) is 18.8 Å². The predicted octanol–water partition coefficient (Wildman–Crippen LogP) is 2.34. The van der Waals surface area contributed by atoms with Crippen LogP contribution in [0.5, 0.6) is 0 Å². The van der Waals surface area contributed by atoms with Gasteiger partial charge in [-0.15, -0.1) is 0 Å². The van der Waals surface area contributed by atoms with Gasteiger partial charge in [0.25, 0.3) is 0 Å². The van der Waals surface area contributed by atoms with Gasteiger partial charge in [-0.25, -0.2) is 12.8 Å². The van der Waals surface area contributed by atoms with Crippen molar-refractivity contribution < 1.29 is 12.8 Å². The van der Waals surface area contributed by atoms with Crippen molar-refractivity contribution in [2.45, 2.75) is 23.5 Å². The van der Waals surface area contributed by atoms with E-state index in [1.165, 1.54) is 28.6 Å². The number of thioether (sulfide) groups is 1. The summed E-state index contributed by atoms with van der Waals surface area (Å²) >= 11 is 1.77. The van der Waals surface area contributed by atoms with E-state index >= 15 is 0 Å². The minimum absolute atomic E-state index is 0.0780. The van der Waals surface area contributed by atoms with E-state index in [1.54, 1.807) is 11.8 Å². The first-order valence-corrected chi connectivity index (χ1v) is 8.13. The van der Waals surface area contributed by atoms with E-state index in [-0.39, 0.29) is 9.64 Å². The van der Waals surface area contributed by atoms with Gasteiger partial charge in [-0.3, -0.25) is 0 Å². The molecule has 0 atom stereocenters. The number of rotatable bonds is 2. The van der Waals surface area contributed by atoms with E-state index in [9.17, 15) is 12.8 Å². The fourth-order valence-corrected chi connectivity index (χ4v) is 4.85. The van der Waals surface area contributed by atoms with Gasteiger partial charge in [-0.2, -0.15) is 16.1 Å². The van der Waals surface area contributed by atoms with Gasteiger partial charge in [0.15, 0.2) is 0 Å². The summed E-state index contributed by atoms with van der Waals surface area (Å²) in [7, 11) is -3.50. The minimum atomic E-state index is -3.50. The van der Waals surface area contributed by atoms with E-state index in [4.69, 9.17) is 0 Å². The Morgan fingerprint density at radius 2 is 1.89 bits per heavy atom. The molecule has 1 aromatic rings. The van der Waals surface area contributed by atoms with Crippen LogP contribution in [-0.2, 0) is 10.0 Å². The van der Waals surface area contributed by atoms with E-state index in [1.807, 2.05) is 13.8 Å². The lowest BCUT2D eigenvalue weighted by Crippen LogP contribution is -2.46. The molecular weight excluding hydrogens is 273 g/mol. The Balaban J connectivity index is 2.28. The second kappa shape index (κ2) is 4.83. The first-order chi connectivity index (χ1) is 8.31. The summed E-state index contributed by atoms with van der Waals surface area (Å²) in [6, 6.07) is 4.99. The van der Waals surface area contributed by atoms with Crippen LogP contribution in [0.2, 0.25) is 0 Å². The molecule has 0 saturated carbocycles. The lowest BCUT2D eigenvalue weighted by atomic mass is 10.2. The summed E-state index contributed by atoms with van der Waals surface area (Å²) in [5.74, 6) is 0.358. The fourth-order valence-electron chi connectivity index (χ4n) is 1.93. The van der Waals surface area contributed by atoms with Gasteiger partial charge in [-0.05, 0) is 38.1 Å². The maximum absolute atomic E-state index is 12.8. The second-order valence-corrected chi connectivity index (χ2v) is 8.64. The average Bonchev–Trinajstić information content (AvgIpc) is 2.28. The van der Waals surface area contributed by atoms with Crippen molar-refractivity contribution in [2.24, 2.45) is 0 Å². The van der Waals surface area contributed by atoms with Gasteiger partial charge in [0.05, 0.1) is 4.90 Å². The number of nitrogens with zero attached hydrogens (tertiary/aromatic N) is 1. The maximum atomic E-state index is 12.8. The lowest BCUT2D eigenvalue weighted by Gasteiger charge is -2.36. The summed E-state index contributed by atoms with van der Waals surface area (Å²) < 4.78 is 39.0. The molecule has 0 amide bonds. The van der Waals surface area contributed by atoms with Gasteiger partial charge in [0.2, 0.25) is 10.0 Å². The zero-order valence-electron chi connectivity index (χ0n) is 10.4. The highest BCUT2D eigenvalue weighted by atomic mass is 32.2. The molecule has 0 aromatic heterocycles. The third kappa shape index (κ3) is 2.87. The molecule has 2 rings (SSSR count). The summed E-state index contributed by atoms with van der Waals surface area (Å²) in [6.45, 7) is 5.05. The third-order valence-corrected chi connectivity index (χ3v) is 6.00. The summed E-state index contributed by atoms with van der Waals surface area (Å²) in [6.07, 6.45) is 0. The zero-order chi connectivity index (χ0) is 13.4. The standard InChI is InChI=1S/C12H16FNO2S2/c1-12(2)9-14(7-8-17-12)18(15,16)11-5-3-10(13)4-6-11/h3-6H,7-9H2,1-2H3. The van der Waals surface area contributed by atoms with Crippen molar-refractivity contribution >= 4 is 21.8 Å². The Kier molecular flexibility index (Phi) is 3.71. The number of halogens is 1. The highest BCUT2D eigenvalue weighted by molar-refractivity contribution is 8.00. The largest absolute Gasteiger partial charge is 0.243 e. The molecule has 3 nitrogen and oxygen atoms in total. The van der Waals surface area contributed by atoms with Crippen molar-refractivity contribution in [1.29, 1.82) is 0 Å². The molecule has 0 aliphatic carbocycles. The van der Waals surface area contributed by atoms with Crippen LogP contribution in [0.15, 0.2) is 29.2 Å². The van der Waals surface area contributed by atoms with Gasteiger partial charge < -0.3 is 0 Å². The lowest BCUT2D eigenvalue weighted by molar-refractivity contribution is 0.387. The van der Waals surface area contributed by atoms with Gasteiger partial charge in [-0.1, -0.05) is 0 Å². The van der Waals surface area contributed by atoms with Gasteiger partial charge in [0, 0.05) is 23.6 Å². The molecule has 6 heteroatoms. The zero-order valence-corrected chi connectivity index (χ0v) is 12.0. The van der Waals surface area contributed by atoms with Gasteiger partial charge in [0.1, 0.15) is 5.82 Å². The molecule has 1 aliphatic rings. The highest BCUT2D eigenvalue weighted by Crippen LogP contribution is 2.32. The molecule has 1 aromatic carbocycles. The molecule has 0 bridgehead atoms. The molecule has 0 unspecified atom stereocenters. The van der Waals surface area contributed by atoms with Crippen LogP contribution in [0.4, 0.5) is 4.39 Å². The molecule has 18 heavy (non-hydrogen) atoms. The Hall–Kier alpha value is -0.590. The second-order valence-electron chi connectivity index (χ2n) is 4.90. The van der Waals surface area contributed by atoms with E-state index in [2.05, 4.69) is 0 Å². The molecule has 0 N–H and O–H groups in total. The van der Waals surface area contributed by atoms with Crippen LogP contribution >= 0.6 is 11.8 Å². The molecule has 0 spiro atoms. The first-order valence-electron chi connectivity index (χ1n) is 5.71. The number of hydrogen-bond acceptors (Lipinski definition) is 3. The summed E-state index contributed by atoms with van der Waals surface area (Å²) in [5.41, 5.74) is 0. The van der Waals surface area contributed by atoms with Crippen molar-refractivity contribution in [3.05, 3.63) is 30.1 Å². The number of hydrogen-bond donors (Lipinski definition) is 0. The Labute approximate surface area is 111 Å². The molecule has 1 aliphatic heterocycles. The van der Waals surface area contributed by atoms with Crippen LogP contribution in [0.3, 0.4) is 0 Å². The Bertz CT molecular complexity index is 526. The molecule has 0 radical (unpaired) electrons. The molecule has 1 heterocycles. The van der Waals surface area contributed by atoms with Crippen LogP contribution < -0.4 is 0 Å². The number of sulfonamides is 1. The van der Waals surface area contributed by atoms with Crippen LogP contribution in [0.1, 0.15) is 13.8 Å². The van der Waals surface area contributed by atoms with E-state index in [0.29, 0.717) is 13.1 Å². The molecule has 1 fully saturated rings. The van der Waals surface area contributed by atoms with E-state index in [0.717, 1.165) is 5.75 Å². The predicted molar refractivity (Wildman–Crippen MR) is 71.7 cm³/mol. The number of benzene rings is 1. The Morgan fingerprint density at radius 3 is 2.44 bits per heavy atom. The third-order valence-electron chi connectivity index (χ3n) is 2.84. The maximum Gasteiger partial charge on any atom is 0.243 e. The normalized spacial score (nSPS) is 20.8.